The van der Waals surface area contributed by atoms with E-state index < -0.39 is 65.8 Å². The molecule has 8 aliphatic rings. The van der Waals surface area contributed by atoms with Crippen LogP contribution < -0.4 is 20.5 Å². The minimum absolute atomic E-state index is 0.0153. The molecule has 78 heavy (non-hydrogen) atoms. The van der Waals surface area contributed by atoms with Crippen LogP contribution in [0.4, 0.5) is 5.82 Å². The number of fused-ring (bicyclic) bond motifs is 2. The van der Waals surface area contributed by atoms with Gasteiger partial charge in [0, 0.05) is 34.0 Å². The summed E-state index contributed by atoms with van der Waals surface area (Å²) in [7, 11) is -7.65. The molecular formula is C54H86N12O8S4. The number of carboxylic acids is 2. The number of nitrogens with two attached hydrogens (primary N) is 1. The minimum Gasteiger partial charge on any atom is -0.481 e. The Hall–Kier alpha value is -3.18. The van der Waals surface area contributed by atoms with Gasteiger partial charge in [-0.05, 0) is 131 Å². The lowest BCUT2D eigenvalue weighted by Gasteiger charge is -2.53. The van der Waals surface area contributed by atoms with Gasteiger partial charge in [0.15, 0.2) is 16.2 Å². The van der Waals surface area contributed by atoms with Crippen LogP contribution in [0.3, 0.4) is 0 Å². The minimum atomic E-state index is -3.98. The summed E-state index contributed by atoms with van der Waals surface area (Å²) in [5.41, 5.74) is 0.281. The van der Waals surface area contributed by atoms with Crippen LogP contribution in [-0.4, -0.2) is 134 Å². The Bertz CT molecular complexity index is 2730. The summed E-state index contributed by atoms with van der Waals surface area (Å²) in [4.78, 5) is 37.1. The van der Waals surface area contributed by atoms with E-state index in [2.05, 4.69) is 74.8 Å². The van der Waals surface area contributed by atoms with E-state index in [4.69, 9.17) is 30.5 Å². The number of carboxylic acid groups (broad SMARTS) is 2. The van der Waals surface area contributed by atoms with E-state index >= 15 is 0 Å². The number of hydrogen-bond donors (Lipinski definition) is 6. The Morgan fingerprint density at radius 3 is 1.91 bits per heavy atom. The molecule has 434 valence electrons. The summed E-state index contributed by atoms with van der Waals surface area (Å²) in [6, 6.07) is 1.42. The van der Waals surface area contributed by atoms with Gasteiger partial charge >= 0.3 is 11.9 Å². The first kappa shape index (κ1) is 59.4. The lowest BCUT2D eigenvalue weighted by Crippen LogP contribution is -2.69. The zero-order valence-electron chi connectivity index (χ0n) is 47.2. The molecule has 16 atom stereocenters. The van der Waals surface area contributed by atoms with Crippen LogP contribution in [0, 0.1) is 64.6 Å². The second-order valence-corrected chi connectivity index (χ2v) is 32.7. The number of carbonyl (C=O) groups is 2. The van der Waals surface area contributed by atoms with Crippen molar-refractivity contribution in [3.63, 3.8) is 0 Å². The van der Waals surface area contributed by atoms with Crippen molar-refractivity contribution in [1.29, 1.82) is 5.26 Å². The number of piperidine rings is 1. The van der Waals surface area contributed by atoms with Gasteiger partial charge in [-0.15, -0.1) is 5.11 Å². The highest BCUT2D eigenvalue weighted by Crippen LogP contribution is 2.47. The summed E-state index contributed by atoms with van der Waals surface area (Å²) in [6.45, 7) is 22.3. The molecule has 1 aromatic heterocycles. The molecule has 1 saturated heterocycles. The fourth-order valence-corrected chi connectivity index (χ4v) is 21.2. The molecule has 1 aromatic rings. The molecule has 16 unspecified atom stereocenters. The van der Waals surface area contributed by atoms with Crippen molar-refractivity contribution >= 4 is 71.7 Å². The maximum atomic E-state index is 14.0. The first-order valence-electron chi connectivity index (χ1n) is 28.8. The smallest absolute Gasteiger partial charge is 0.306 e. The summed E-state index contributed by atoms with van der Waals surface area (Å²) in [5, 5.41) is 59.9. The lowest BCUT2D eigenvalue weighted by atomic mass is 9.72. The van der Waals surface area contributed by atoms with Gasteiger partial charge in [-0.1, -0.05) is 92.8 Å². The van der Waals surface area contributed by atoms with Crippen LogP contribution in [0.1, 0.15) is 170 Å². The molecule has 20 nitrogen and oxygen atoms in total. The number of hydrogen-bond acceptors (Lipinski definition) is 17. The standard InChI is InChI=1S/C54H86N12O8S4/c1-26-15-28(3)44(29(4)16-26)60-48-45(30(5)19-43(59-48)65(46-31(6)17-27(2)18-32(46)7)52-57-39-13-11-36(77(56,71)72)23-41(39)75-52)61-62-49-38(25-55)47(54(8,9)10)63-66(49)53-58-40-14-12-37(24-42(40)76-53)78(73,74)64-35-21-33(50(67)68)20-34(22-35)51(69)70/h26-37,39-46,48,59-60,64H,11-24H2,1-10H3,(H,67,68)(H,69,70)(H2,56,71,72). The van der Waals surface area contributed by atoms with Crippen LogP contribution in [-0.2, 0) is 35.1 Å². The molecule has 24 heteroatoms. The zero-order valence-corrected chi connectivity index (χ0v) is 50.4. The van der Waals surface area contributed by atoms with E-state index in [9.17, 15) is 41.9 Å². The van der Waals surface area contributed by atoms with Crippen molar-refractivity contribution in [2.24, 2.45) is 78.6 Å². The van der Waals surface area contributed by atoms with E-state index in [1.54, 1.807) is 16.4 Å². The quantitative estimate of drug-likeness (QED) is 0.110. The van der Waals surface area contributed by atoms with Gasteiger partial charge in [0.25, 0.3) is 0 Å². The molecular weight excluding hydrogens is 1070 g/mol. The predicted octanol–water partition coefficient (Wildman–Crippen LogP) is 7.61. The number of aliphatic carboxylic acids is 2. The monoisotopic (exact) mass is 1160 g/mol. The molecule has 6 fully saturated rings. The summed E-state index contributed by atoms with van der Waals surface area (Å²) >= 11 is 3.15. The van der Waals surface area contributed by atoms with Crippen LogP contribution in [0.25, 0.3) is 0 Å². The number of aliphatic imine (C=N–C) groups is 2. The molecule has 5 aliphatic carbocycles. The average molecular weight is 1160 g/mol. The number of primary sulfonamides is 1. The normalized spacial score (nSPS) is 40.6. The van der Waals surface area contributed by atoms with E-state index in [0.717, 1.165) is 37.3 Å². The summed E-state index contributed by atoms with van der Waals surface area (Å²) in [5.74, 6) is -1.17. The number of thioether (sulfide) groups is 2. The third-order valence-electron chi connectivity index (χ3n) is 18.9. The number of nitriles is 1. The van der Waals surface area contributed by atoms with E-state index in [0.29, 0.717) is 84.0 Å². The van der Waals surface area contributed by atoms with E-state index in [-0.39, 0.29) is 90.5 Å². The molecule has 9 rings (SSSR count). The average Bonchev–Trinajstić information content (AvgIpc) is 4.27. The fraction of sp³-hybridized carbons (Fsp3) is 0.852. The van der Waals surface area contributed by atoms with Crippen molar-refractivity contribution in [1.82, 2.24) is 30.0 Å². The van der Waals surface area contributed by atoms with Crippen LogP contribution in [0.2, 0.25) is 0 Å². The maximum Gasteiger partial charge on any atom is 0.306 e. The molecule has 0 bridgehead atoms. The Morgan fingerprint density at radius 2 is 1.33 bits per heavy atom. The third kappa shape index (κ3) is 12.6. The largest absolute Gasteiger partial charge is 0.481 e. The van der Waals surface area contributed by atoms with Crippen molar-refractivity contribution in [3.05, 3.63) is 11.3 Å². The van der Waals surface area contributed by atoms with Crippen molar-refractivity contribution in [2.75, 3.05) is 0 Å². The van der Waals surface area contributed by atoms with Gasteiger partial charge < -0.3 is 15.1 Å². The lowest BCUT2D eigenvalue weighted by molar-refractivity contribution is -0.148. The molecule has 4 heterocycles. The molecule has 5 saturated carbocycles. The van der Waals surface area contributed by atoms with Crippen LogP contribution >= 0.6 is 23.5 Å². The number of nitrogens with zero attached hydrogens (tertiary/aromatic N) is 8. The van der Waals surface area contributed by atoms with Gasteiger partial charge in [0.05, 0.1) is 52.4 Å². The Balaban J connectivity index is 1.01. The second-order valence-electron chi connectivity index (χ2n) is 26.4. The SMILES string of the molecule is CC1CC(C)C(NC2NC(N(C3=NC4CCC(S(N)(=O)=O)CC4S3)C3C(C)CC(C)CC3C)CC(C)C2N=Nc2c(C#N)c(C(C)(C)C)nn2C2=NC3CCC(S(=O)(=O)NC4CC(C(=O)O)CC(C(=O)O)C4)CC3S2)C(C)C1. The molecule has 0 amide bonds. The van der Waals surface area contributed by atoms with Crippen LogP contribution in [0.15, 0.2) is 20.2 Å². The Labute approximate surface area is 471 Å². The number of sulfonamides is 2. The van der Waals surface area contributed by atoms with E-state index in [1.807, 2.05) is 20.8 Å². The first-order chi connectivity index (χ1) is 36.6. The fourth-order valence-electron chi connectivity index (χ4n) is 15.4. The molecule has 0 radical (unpaired) electrons. The van der Waals surface area contributed by atoms with E-state index in [1.165, 1.54) is 11.8 Å². The number of nitrogens with one attached hydrogen (secondary N) is 3. The number of amidine groups is 1. The Morgan fingerprint density at radius 1 is 0.769 bits per heavy atom. The topological polar surface area (TPSA) is 299 Å². The van der Waals surface area contributed by atoms with Crippen molar-refractivity contribution in [2.45, 2.75) is 234 Å². The maximum absolute atomic E-state index is 14.0. The van der Waals surface area contributed by atoms with Crippen molar-refractivity contribution in [3.8, 4) is 6.07 Å². The van der Waals surface area contributed by atoms with Crippen LogP contribution in [0.5, 0.6) is 0 Å². The van der Waals surface area contributed by atoms with Gasteiger partial charge in [-0.3, -0.25) is 30.2 Å². The highest BCUT2D eigenvalue weighted by atomic mass is 32.2. The molecule has 3 aliphatic heterocycles. The number of aromatic nitrogens is 2. The molecule has 0 spiro atoms. The highest BCUT2D eigenvalue weighted by Gasteiger charge is 2.50. The van der Waals surface area contributed by atoms with Gasteiger partial charge in [0.1, 0.15) is 17.7 Å². The second kappa shape index (κ2) is 23.2. The van der Waals surface area contributed by atoms with Gasteiger partial charge in [-0.25, -0.2) is 26.7 Å². The van der Waals surface area contributed by atoms with Gasteiger partial charge in [0.2, 0.25) is 20.0 Å². The van der Waals surface area contributed by atoms with Crippen molar-refractivity contribution < 1.29 is 36.6 Å². The third-order valence-corrected chi connectivity index (χ3v) is 24.9. The molecule has 0 aromatic carbocycles. The van der Waals surface area contributed by atoms with Gasteiger partial charge in [-0.2, -0.15) is 20.2 Å². The Kier molecular flexibility index (Phi) is 17.7. The highest BCUT2D eigenvalue weighted by molar-refractivity contribution is 8.15. The number of rotatable bonds is 12. The molecule has 7 N–H and O–H groups in total. The number of azo groups is 1. The summed E-state index contributed by atoms with van der Waals surface area (Å²) < 4.78 is 57.7. The predicted molar refractivity (Wildman–Crippen MR) is 305 cm³/mol. The summed E-state index contributed by atoms with van der Waals surface area (Å²) in [6.07, 6.45) is 7.39. The zero-order chi connectivity index (χ0) is 56.5. The first-order valence-corrected chi connectivity index (χ1v) is 33.7.